The van der Waals surface area contributed by atoms with Crippen LogP contribution in [0.5, 0.6) is 0 Å². The Kier molecular flexibility index (Phi) is 7.96. The number of ether oxygens (including phenoxy) is 1. The highest BCUT2D eigenvalue weighted by atomic mass is 16.5. The normalized spacial score (nSPS) is 29.7. The topological polar surface area (TPSA) is 24.5 Å². The van der Waals surface area contributed by atoms with E-state index < -0.39 is 0 Å². The molecule has 0 aromatic carbocycles. The smallest absolute Gasteiger partial charge is 0.0615 e. The lowest BCUT2D eigenvalue weighted by molar-refractivity contribution is 0.0844. The van der Waals surface area contributed by atoms with Crippen molar-refractivity contribution in [2.24, 2.45) is 11.8 Å². The van der Waals surface area contributed by atoms with Crippen LogP contribution in [0.25, 0.3) is 0 Å². The lowest BCUT2D eigenvalue weighted by Crippen LogP contribution is -2.47. The summed E-state index contributed by atoms with van der Waals surface area (Å²) < 4.78 is 5.27. The first-order valence-corrected chi connectivity index (χ1v) is 8.04. The van der Waals surface area contributed by atoms with Crippen LogP contribution in [0.4, 0.5) is 0 Å². The fourth-order valence-corrected chi connectivity index (χ4v) is 3.38. The SMILES string of the molecule is CCNC1CCC(CC)CC1CN(C)C(C)COC. The molecule has 1 saturated carbocycles. The zero-order valence-electron chi connectivity index (χ0n) is 13.6. The summed E-state index contributed by atoms with van der Waals surface area (Å²) in [7, 11) is 4.03. The van der Waals surface area contributed by atoms with Gasteiger partial charge in [-0.1, -0.05) is 20.3 Å². The lowest BCUT2D eigenvalue weighted by Gasteiger charge is -2.39. The van der Waals surface area contributed by atoms with Crippen LogP contribution >= 0.6 is 0 Å². The van der Waals surface area contributed by atoms with E-state index >= 15 is 0 Å². The summed E-state index contributed by atoms with van der Waals surface area (Å²) in [6.07, 6.45) is 5.48. The molecule has 3 heteroatoms. The molecule has 4 unspecified atom stereocenters. The third-order valence-electron chi connectivity index (χ3n) is 4.82. The van der Waals surface area contributed by atoms with Gasteiger partial charge in [-0.15, -0.1) is 0 Å². The maximum atomic E-state index is 5.27. The van der Waals surface area contributed by atoms with E-state index in [9.17, 15) is 0 Å². The van der Waals surface area contributed by atoms with Gasteiger partial charge in [0.2, 0.25) is 0 Å². The predicted molar refractivity (Wildman–Crippen MR) is 82.6 cm³/mol. The minimum Gasteiger partial charge on any atom is -0.383 e. The van der Waals surface area contributed by atoms with Crippen LogP contribution in [0, 0.1) is 11.8 Å². The molecule has 1 N–H and O–H groups in total. The zero-order chi connectivity index (χ0) is 14.3. The van der Waals surface area contributed by atoms with E-state index in [0.29, 0.717) is 12.1 Å². The number of hydrogen-bond acceptors (Lipinski definition) is 3. The highest BCUT2D eigenvalue weighted by Crippen LogP contribution is 2.32. The lowest BCUT2D eigenvalue weighted by atomic mass is 9.76. The Bertz CT molecular complexity index is 235. The number of nitrogens with zero attached hydrogens (tertiary/aromatic N) is 1. The third kappa shape index (κ3) is 5.41. The number of methoxy groups -OCH3 is 1. The molecule has 0 saturated heterocycles. The van der Waals surface area contributed by atoms with Crippen molar-refractivity contribution in [1.29, 1.82) is 0 Å². The second-order valence-corrected chi connectivity index (χ2v) is 6.26. The second kappa shape index (κ2) is 8.93. The molecule has 1 fully saturated rings. The first kappa shape index (κ1) is 16.9. The standard InChI is InChI=1S/C16H34N2O/c1-6-14-8-9-16(17-7-2)15(10-14)11-18(4)13(3)12-19-5/h13-17H,6-12H2,1-5H3. The molecule has 0 bridgehead atoms. The molecular weight excluding hydrogens is 236 g/mol. The third-order valence-corrected chi connectivity index (χ3v) is 4.82. The maximum absolute atomic E-state index is 5.27. The Morgan fingerprint density at radius 1 is 1.32 bits per heavy atom. The zero-order valence-corrected chi connectivity index (χ0v) is 13.6. The van der Waals surface area contributed by atoms with E-state index in [-0.39, 0.29) is 0 Å². The van der Waals surface area contributed by atoms with Gasteiger partial charge >= 0.3 is 0 Å². The van der Waals surface area contributed by atoms with Crippen molar-refractivity contribution in [2.75, 3.05) is 33.9 Å². The molecule has 0 heterocycles. The van der Waals surface area contributed by atoms with Gasteiger partial charge in [0.1, 0.15) is 0 Å². The summed E-state index contributed by atoms with van der Waals surface area (Å²) in [5.41, 5.74) is 0. The number of rotatable bonds is 8. The molecule has 1 aliphatic carbocycles. The van der Waals surface area contributed by atoms with Gasteiger partial charge in [0.05, 0.1) is 6.61 Å². The van der Waals surface area contributed by atoms with E-state index in [1.165, 1.54) is 32.2 Å². The highest BCUT2D eigenvalue weighted by molar-refractivity contribution is 4.86. The van der Waals surface area contributed by atoms with Gasteiger partial charge in [-0.3, -0.25) is 0 Å². The van der Waals surface area contributed by atoms with Crippen molar-refractivity contribution in [1.82, 2.24) is 10.2 Å². The quantitative estimate of drug-likeness (QED) is 0.734. The molecule has 19 heavy (non-hydrogen) atoms. The molecule has 4 atom stereocenters. The van der Waals surface area contributed by atoms with Gasteiger partial charge in [0.15, 0.2) is 0 Å². The number of nitrogens with one attached hydrogen (secondary N) is 1. The van der Waals surface area contributed by atoms with Crippen molar-refractivity contribution in [3.63, 3.8) is 0 Å². The Hall–Kier alpha value is -0.120. The van der Waals surface area contributed by atoms with E-state index in [1.807, 2.05) is 0 Å². The van der Waals surface area contributed by atoms with Gasteiger partial charge in [-0.05, 0) is 51.6 Å². The molecule has 3 nitrogen and oxygen atoms in total. The molecule has 0 spiro atoms. The van der Waals surface area contributed by atoms with Crippen LogP contribution in [0.2, 0.25) is 0 Å². The van der Waals surface area contributed by atoms with Gasteiger partial charge in [-0.25, -0.2) is 0 Å². The summed E-state index contributed by atoms with van der Waals surface area (Å²) in [6.45, 7) is 9.93. The van der Waals surface area contributed by atoms with Crippen LogP contribution in [0.3, 0.4) is 0 Å². The Morgan fingerprint density at radius 2 is 2.05 bits per heavy atom. The van der Waals surface area contributed by atoms with Crippen LogP contribution in [0.15, 0.2) is 0 Å². The van der Waals surface area contributed by atoms with Crippen LogP contribution < -0.4 is 5.32 Å². The van der Waals surface area contributed by atoms with Gasteiger partial charge < -0.3 is 15.0 Å². The summed E-state index contributed by atoms with van der Waals surface area (Å²) in [4.78, 5) is 2.47. The monoisotopic (exact) mass is 270 g/mol. The first-order valence-electron chi connectivity index (χ1n) is 8.04. The van der Waals surface area contributed by atoms with Crippen molar-refractivity contribution < 1.29 is 4.74 Å². The molecule has 0 aromatic rings. The van der Waals surface area contributed by atoms with E-state index in [1.54, 1.807) is 7.11 Å². The van der Waals surface area contributed by atoms with E-state index in [2.05, 4.69) is 38.0 Å². The number of hydrogen-bond donors (Lipinski definition) is 1. The molecular formula is C16H34N2O. The van der Waals surface area contributed by atoms with E-state index in [4.69, 9.17) is 4.74 Å². The molecule has 1 rings (SSSR count). The Morgan fingerprint density at radius 3 is 2.63 bits per heavy atom. The van der Waals surface area contributed by atoms with Gasteiger partial charge in [-0.2, -0.15) is 0 Å². The largest absolute Gasteiger partial charge is 0.383 e. The van der Waals surface area contributed by atoms with Crippen molar-refractivity contribution in [3.8, 4) is 0 Å². The number of likely N-dealkylation sites (N-methyl/N-ethyl adjacent to an activating group) is 1. The Labute approximate surface area is 120 Å². The van der Waals surface area contributed by atoms with Gasteiger partial charge in [0.25, 0.3) is 0 Å². The summed E-state index contributed by atoms with van der Waals surface area (Å²) >= 11 is 0. The van der Waals surface area contributed by atoms with Crippen molar-refractivity contribution >= 4 is 0 Å². The van der Waals surface area contributed by atoms with Gasteiger partial charge in [0, 0.05) is 25.7 Å². The highest BCUT2D eigenvalue weighted by Gasteiger charge is 2.30. The molecule has 1 aliphatic rings. The van der Waals surface area contributed by atoms with Crippen molar-refractivity contribution in [3.05, 3.63) is 0 Å². The minimum atomic E-state index is 0.509. The molecule has 0 amide bonds. The fraction of sp³-hybridized carbons (Fsp3) is 1.00. The first-order chi connectivity index (χ1) is 9.12. The van der Waals surface area contributed by atoms with E-state index in [0.717, 1.165) is 25.0 Å². The summed E-state index contributed by atoms with van der Waals surface area (Å²) in [5, 5.41) is 3.70. The fourth-order valence-electron chi connectivity index (χ4n) is 3.38. The average molecular weight is 270 g/mol. The summed E-state index contributed by atoms with van der Waals surface area (Å²) in [5.74, 6) is 1.73. The minimum absolute atomic E-state index is 0.509. The second-order valence-electron chi connectivity index (χ2n) is 6.26. The van der Waals surface area contributed by atoms with Crippen LogP contribution in [0.1, 0.15) is 46.5 Å². The average Bonchev–Trinajstić information content (AvgIpc) is 2.41. The molecule has 0 aromatic heterocycles. The molecule has 114 valence electrons. The molecule has 0 radical (unpaired) electrons. The van der Waals surface area contributed by atoms with Crippen LogP contribution in [-0.4, -0.2) is 50.8 Å². The van der Waals surface area contributed by atoms with Crippen molar-refractivity contribution in [2.45, 2.75) is 58.5 Å². The Balaban J connectivity index is 2.53. The molecule has 0 aliphatic heterocycles. The van der Waals surface area contributed by atoms with Crippen LogP contribution in [-0.2, 0) is 4.74 Å². The summed E-state index contributed by atoms with van der Waals surface area (Å²) in [6, 6.07) is 1.22. The maximum Gasteiger partial charge on any atom is 0.0615 e. The predicted octanol–water partition coefficient (Wildman–Crippen LogP) is 2.76.